The molecule has 0 bridgehead atoms. The van der Waals surface area contributed by atoms with Crippen molar-refractivity contribution in [3.05, 3.63) is 91.3 Å². The highest BCUT2D eigenvalue weighted by Gasteiger charge is 2.31. The molecule has 6 nitrogen and oxygen atoms in total. The Balaban J connectivity index is 1.51. The smallest absolute Gasteiger partial charge is 0.416 e. The van der Waals surface area contributed by atoms with Gasteiger partial charge in [0, 0.05) is 34.1 Å². The molecule has 0 saturated carbocycles. The fourth-order valence-electron chi connectivity index (χ4n) is 5.03. The van der Waals surface area contributed by atoms with E-state index >= 15 is 0 Å². The molecular weight excluding hydrogens is 650 g/mol. The van der Waals surface area contributed by atoms with Gasteiger partial charge in [-0.2, -0.15) is 13.2 Å². The molecule has 0 atom stereocenters. The van der Waals surface area contributed by atoms with Crippen LogP contribution in [-0.4, -0.2) is 37.1 Å². The maximum absolute atomic E-state index is 13.4. The maximum atomic E-state index is 13.4. The molecule has 1 saturated heterocycles. The summed E-state index contributed by atoms with van der Waals surface area (Å²) in [6, 6.07) is 15.6. The fourth-order valence-corrected chi connectivity index (χ4v) is 5.82. The average Bonchev–Trinajstić information content (AvgIpc) is 3.43. The van der Waals surface area contributed by atoms with Gasteiger partial charge >= 0.3 is 17.8 Å². The van der Waals surface area contributed by atoms with Crippen molar-refractivity contribution >= 4 is 39.5 Å². The van der Waals surface area contributed by atoms with Gasteiger partial charge in [-0.05, 0) is 102 Å². The van der Waals surface area contributed by atoms with E-state index in [1.165, 1.54) is 31.9 Å². The number of alkyl halides is 3. The summed E-state index contributed by atoms with van der Waals surface area (Å²) >= 11 is 1.81. The minimum atomic E-state index is -4.51. The van der Waals surface area contributed by atoms with Crippen LogP contribution in [0.15, 0.2) is 69.9 Å². The Labute approximate surface area is 248 Å². The number of likely N-dealkylation sites (tertiary alicyclic amines) is 1. The van der Waals surface area contributed by atoms with Crippen molar-refractivity contribution in [2.45, 2.75) is 32.4 Å². The zero-order valence-electron chi connectivity index (χ0n) is 22.2. The third kappa shape index (κ3) is 6.92. The molecule has 5 rings (SSSR count). The van der Waals surface area contributed by atoms with Gasteiger partial charge < -0.3 is 13.9 Å². The van der Waals surface area contributed by atoms with E-state index in [0.29, 0.717) is 29.5 Å². The summed E-state index contributed by atoms with van der Waals surface area (Å²) in [6.07, 6.45) is -1.77. The van der Waals surface area contributed by atoms with E-state index < -0.39 is 23.3 Å². The number of halogens is 4. The van der Waals surface area contributed by atoms with Gasteiger partial charge in [-0.3, -0.25) is 9.69 Å². The van der Waals surface area contributed by atoms with Crippen LogP contribution < -0.4 is 15.1 Å². The predicted molar refractivity (Wildman–Crippen MR) is 157 cm³/mol. The Kier molecular flexibility index (Phi) is 8.69. The van der Waals surface area contributed by atoms with E-state index in [-0.39, 0.29) is 20.5 Å². The van der Waals surface area contributed by atoms with Crippen molar-refractivity contribution < 1.29 is 31.9 Å². The van der Waals surface area contributed by atoms with Gasteiger partial charge in [0.2, 0.25) is 0 Å². The first-order chi connectivity index (χ1) is 19.6. The molecule has 0 aliphatic carbocycles. The molecule has 0 radical (unpaired) electrons. The van der Waals surface area contributed by atoms with Crippen LogP contribution in [0.1, 0.15) is 36.5 Å². The zero-order chi connectivity index (χ0) is 29.1. The fraction of sp³-hybridized carbons (Fsp3) is 0.290. The normalized spacial score (nSPS) is 14.0. The minimum Gasteiger partial charge on any atom is -0.492 e. The first kappa shape index (κ1) is 29.1. The summed E-state index contributed by atoms with van der Waals surface area (Å²) in [7, 11) is 0. The molecule has 1 aromatic heterocycles. The molecule has 4 aromatic rings. The predicted octanol–water partition coefficient (Wildman–Crippen LogP) is 7.07. The van der Waals surface area contributed by atoms with E-state index in [1.807, 2.05) is 46.9 Å². The van der Waals surface area contributed by atoms with E-state index in [0.717, 1.165) is 43.1 Å². The van der Waals surface area contributed by atoms with Crippen LogP contribution in [0.25, 0.3) is 22.1 Å². The maximum Gasteiger partial charge on any atom is 0.416 e. The second kappa shape index (κ2) is 12.2. The Hall–Kier alpha value is -3.38. The van der Waals surface area contributed by atoms with Gasteiger partial charge in [0.25, 0.3) is 0 Å². The monoisotopic (exact) mass is 677 g/mol. The molecule has 0 N–H and O–H groups in total. The van der Waals surface area contributed by atoms with Crippen molar-refractivity contribution in [1.82, 2.24) is 4.90 Å². The number of benzene rings is 3. The third-order valence-corrected chi connectivity index (χ3v) is 7.89. The molecule has 2 heterocycles. The van der Waals surface area contributed by atoms with Crippen LogP contribution in [0.5, 0.6) is 11.5 Å². The lowest BCUT2D eigenvalue weighted by atomic mass is 9.93. The molecular formula is C31H27F3INO5. The van der Waals surface area contributed by atoms with Gasteiger partial charge in [0.05, 0.1) is 11.1 Å². The van der Waals surface area contributed by atoms with E-state index in [4.69, 9.17) is 13.9 Å². The zero-order valence-corrected chi connectivity index (χ0v) is 24.4. The van der Waals surface area contributed by atoms with Crippen molar-refractivity contribution in [2.24, 2.45) is 0 Å². The van der Waals surface area contributed by atoms with E-state index in [2.05, 4.69) is 4.90 Å². The van der Waals surface area contributed by atoms with Crippen molar-refractivity contribution in [3.8, 4) is 22.6 Å². The van der Waals surface area contributed by atoms with Crippen LogP contribution in [-0.2, 0) is 17.4 Å². The number of fused-ring (bicyclic) bond motifs is 1. The quantitative estimate of drug-likeness (QED) is 0.0861. The number of carbonyl (C=O) groups is 1. The topological polar surface area (TPSA) is 69.0 Å². The molecule has 41 heavy (non-hydrogen) atoms. The van der Waals surface area contributed by atoms with Gasteiger partial charge in [-0.1, -0.05) is 18.2 Å². The van der Waals surface area contributed by atoms with E-state index in [9.17, 15) is 22.8 Å². The summed E-state index contributed by atoms with van der Waals surface area (Å²) in [5.74, 6) is 0.422. The van der Waals surface area contributed by atoms with Crippen molar-refractivity contribution in [1.29, 1.82) is 0 Å². The lowest BCUT2D eigenvalue weighted by Crippen LogP contribution is -2.25. The molecule has 214 valence electrons. The number of rotatable bonds is 8. The number of hydrogen-bond donors (Lipinski definition) is 0. The summed E-state index contributed by atoms with van der Waals surface area (Å²) < 4.78 is 57.0. The second-order valence-electron chi connectivity index (χ2n) is 9.91. The Morgan fingerprint density at radius 3 is 2.37 bits per heavy atom. The molecule has 0 spiro atoms. The van der Waals surface area contributed by atoms with Gasteiger partial charge in [-0.15, -0.1) is 0 Å². The number of esters is 1. The molecule has 1 fully saturated rings. The minimum absolute atomic E-state index is 0.182. The highest BCUT2D eigenvalue weighted by Crippen LogP contribution is 2.37. The number of hydrogen-bond acceptors (Lipinski definition) is 6. The first-order valence-corrected chi connectivity index (χ1v) is 14.3. The van der Waals surface area contributed by atoms with Crippen LogP contribution >= 0.6 is 22.6 Å². The van der Waals surface area contributed by atoms with Gasteiger partial charge in [0.15, 0.2) is 0 Å². The van der Waals surface area contributed by atoms with E-state index in [1.54, 1.807) is 12.1 Å². The summed E-state index contributed by atoms with van der Waals surface area (Å²) in [5, 5.41) is 0.581. The Morgan fingerprint density at radius 2 is 1.71 bits per heavy atom. The van der Waals surface area contributed by atoms with Gasteiger partial charge in [0.1, 0.15) is 23.7 Å². The lowest BCUT2D eigenvalue weighted by molar-refractivity contribution is -0.137. The molecule has 10 heteroatoms. The Bertz CT molecular complexity index is 1630. The van der Waals surface area contributed by atoms with Gasteiger partial charge in [-0.25, -0.2) is 4.79 Å². The van der Waals surface area contributed by atoms with Crippen LogP contribution in [0.3, 0.4) is 0 Å². The Morgan fingerprint density at radius 1 is 1.00 bits per heavy atom. The molecule has 0 amide bonds. The second-order valence-corrected chi connectivity index (χ2v) is 11.1. The number of ether oxygens (including phenoxy) is 2. The molecule has 3 aromatic carbocycles. The van der Waals surface area contributed by atoms with Crippen molar-refractivity contribution in [3.63, 3.8) is 0 Å². The molecule has 0 unspecified atom stereocenters. The summed E-state index contributed by atoms with van der Waals surface area (Å²) in [5.41, 5.74) is 0.686. The molecule has 1 aliphatic rings. The standard InChI is InChI=1S/C31H27F3INO5/c1-19(37)40-23-9-11-24-26(16-20-4-7-22(8-5-20)39-15-14-36-12-2-3-13-36)29(30(38)41-28(24)18-23)25-10-6-21(17-27(25)35)31(32,33)34/h4-11,17-18H,2-3,12-16H2,1H3. The highest BCUT2D eigenvalue weighted by atomic mass is 127. The number of nitrogens with zero attached hydrogens (tertiary/aromatic N) is 1. The number of carbonyl (C=O) groups excluding carboxylic acids is 1. The largest absolute Gasteiger partial charge is 0.492 e. The summed E-state index contributed by atoms with van der Waals surface area (Å²) in [6.45, 7) is 4.93. The average molecular weight is 677 g/mol. The van der Waals surface area contributed by atoms with Crippen LogP contribution in [0.2, 0.25) is 0 Å². The third-order valence-electron chi connectivity index (χ3n) is 6.99. The van der Waals surface area contributed by atoms with Crippen LogP contribution in [0, 0.1) is 3.57 Å². The highest BCUT2D eigenvalue weighted by molar-refractivity contribution is 14.1. The van der Waals surface area contributed by atoms with Crippen LogP contribution in [0.4, 0.5) is 13.2 Å². The summed E-state index contributed by atoms with van der Waals surface area (Å²) in [4.78, 5) is 27.2. The SMILES string of the molecule is CC(=O)Oc1ccc2c(Cc3ccc(OCCN4CCCC4)cc3)c(-c3ccc(C(F)(F)F)cc3I)c(=O)oc2c1. The van der Waals surface area contributed by atoms with Crippen molar-refractivity contribution in [2.75, 3.05) is 26.2 Å². The first-order valence-electron chi connectivity index (χ1n) is 13.2. The lowest BCUT2D eigenvalue weighted by Gasteiger charge is -2.16. The molecule has 1 aliphatic heterocycles.